The number of likely N-dealkylation sites (tertiary alicyclic amines) is 1. The first kappa shape index (κ1) is 23.8. The summed E-state index contributed by atoms with van der Waals surface area (Å²) in [5.41, 5.74) is 11.8. The van der Waals surface area contributed by atoms with Crippen LogP contribution < -0.4 is 10.6 Å². The van der Waals surface area contributed by atoms with Crippen molar-refractivity contribution < 1.29 is 14.0 Å². The van der Waals surface area contributed by atoms with Crippen molar-refractivity contribution in [3.8, 4) is 0 Å². The van der Waals surface area contributed by atoms with Gasteiger partial charge in [-0.15, -0.1) is 0 Å². The lowest BCUT2D eigenvalue weighted by Crippen LogP contribution is -2.50. The molecule has 2 aliphatic heterocycles. The van der Waals surface area contributed by atoms with Gasteiger partial charge >= 0.3 is 0 Å². The van der Waals surface area contributed by atoms with Crippen LogP contribution in [0, 0.1) is 13.8 Å². The molecule has 1 aliphatic carbocycles. The number of piperazine rings is 1. The molecule has 8 nitrogen and oxygen atoms in total. The molecule has 1 aromatic carbocycles. The molecular weight excluding hydrogens is 447 g/mol. The molecule has 2 saturated heterocycles. The van der Waals surface area contributed by atoms with Crippen molar-refractivity contribution in [3.63, 3.8) is 0 Å². The molecule has 35 heavy (non-hydrogen) atoms. The quantitative estimate of drug-likeness (QED) is 0.719. The highest BCUT2D eigenvalue weighted by molar-refractivity contribution is 5.94. The normalized spacial score (nSPS) is 22.5. The second-order valence-corrected chi connectivity index (χ2v) is 10.1. The number of nitrogens with zero attached hydrogens (tertiary/aromatic N) is 5. The highest BCUT2D eigenvalue weighted by Gasteiger charge is 2.34. The van der Waals surface area contributed by atoms with Gasteiger partial charge in [0, 0.05) is 55.7 Å². The maximum absolute atomic E-state index is 14.1. The zero-order chi connectivity index (χ0) is 24.7. The standard InChI is InChI=1S/C26H35FN6O2/c1-17-5-3-7-22(18(17)2)30-11-13-31(14-12-30)24(34)16-33-23-8-4-6-19(23)25(29-33)26(35)32-10-9-21(28)20(27)15-32/h3,5,7,20-21H,4,6,8-16,28H2,1-2H3/t20-,21-/m1/s1. The molecule has 9 heteroatoms. The first-order chi connectivity index (χ1) is 16.8. The predicted octanol–water partition coefficient (Wildman–Crippen LogP) is 1.85. The summed E-state index contributed by atoms with van der Waals surface area (Å²) in [7, 11) is 0. The molecule has 2 N–H and O–H groups in total. The largest absolute Gasteiger partial charge is 0.368 e. The van der Waals surface area contributed by atoms with Crippen molar-refractivity contribution in [2.75, 3.05) is 44.2 Å². The summed E-state index contributed by atoms with van der Waals surface area (Å²) < 4.78 is 15.9. The first-order valence-electron chi connectivity index (χ1n) is 12.7. The Kier molecular flexibility index (Phi) is 6.53. The first-order valence-corrected chi connectivity index (χ1v) is 12.7. The summed E-state index contributed by atoms with van der Waals surface area (Å²) in [6.45, 7) is 7.74. The van der Waals surface area contributed by atoms with E-state index in [0.29, 0.717) is 31.7 Å². The molecule has 2 aromatic rings. The highest BCUT2D eigenvalue weighted by Crippen LogP contribution is 2.28. The fraction of sp³-hybridized carbons (Fsp3) is 0.577. The minimum Gasteiger partial charge on any atom is -0.368 e. The van der Waals surface area contributed by atoms with Gasteiger partial charge in [-0.05, 0) is 56.7 Å². The Morgan fingerprint density at radius 1 is 1.09 bits per heavy atom. The van der Waals surface area contributed by atoms with Crippen LogP contribution in [0.2, 0.25) is 0 Å². The van der Waals surface area contributed by atoms with Crippen LogP contribution in [0.1, 0.15) is 45.7 Å². The molecule has 2 atom stereocenters. The molecular formula is C26H35FN6O2. The van der Waals surface area contributed by atoms with Gasteiger partial charge in [0.15, 0.2) is 5.69 Å². The lowest BCUT2D eigenvalue weighted by Gasteiger charge is -2.37. The molecule has 0 radical (unpaired) electrons. The van der Waals surface area contributed by atoms with Crippen molar-refractivity contribution in [1.29, 1.82) is 0 Å². The van der Waals surface area contributed by atoms with Crippen molar-refractivity contribution >= 4 is 17.5 Å². The van der Waals surface area contributed by atoms with Crippen LogP contribution in [-0.2, 0) is 24.2 Å². The van der Waals surface area contributed by atoms with E-state index in [1.54, 1.807) is 4.68 Å². The molecule has 0 saturated carbocycles. The van der Waals surface area contributed by atoms with Crippen LogP contribution >= 0.6 is 0 Å². The summed E-state index contributed by atoms with van der Waals surface area (Å²) >= 11 is 0. The minimum absolute atomic E-state index is 0.00521. The van der Waals surface area contributed by atoms with Crippen LogP contribution in [0.5, 0.6) is 0 Å². The van der Waals surface area contributed by atoms with Crippen LogP contribution in [-0.4, -0.2) is 82.9 Å². The third-order valence-corrected chi connectivity index (χ3v) is 7.92. The maximum atomic E-state index is 14.1. The molecule has 0 spiro atoms. The van der Waals surface area contributed by atoms with Crippen LogP contribution in [0.25, 0.3) is 0 Å². The van der Waals surface area contributed by atoms with Gasteiger partial charge < -0.3 is 20.4 Å². The van der Waals surface area contributed by atoms with Gasteiger partial charge in [0.2, 0.25) is 5.91 Å². The molecule has 2 fully saturated rings. The van der Waals surface area contributed by atoms with E-state index in [9.17, 15) is 14.0 Å². The number of alkyl halides is 1. The lowest BCUT2D eigenvalue weighted by atomic mass is 10.0. The average molecular weight is 483 g/mol. The number of benzene rings is 1. The number of aryl methyl sites for hydroxylation is 1. The van der Waals surface area contributed by atoms with E-state index in [1.807, 2.05) is 4.90 Å². The zero-order valence-electron chi connectivity index (χ0n) is 20.7. The number of carbonyl (C=O) groups is 2. The molecule has 5 rings (SSSR count). The van der Waals surface area contributed by atoms with E-state index in [1.165, 1.54) is 21.7 Å². The van der Waals surface area contributed by atoms with E-state index in [4.69, 9.17) is 5.73 Å². The van der Waals surface area contributed by atoms with Gasteiger partial charge in [-0.25, -0.2) is 4.39 Å². The Morgan fingerprint density at radius 2 is 1.86 bits per heavy atom. The summed E-state index contributed by atoms with van der Waals surface area (Å²) in [5.74, 6) is -0.222. The Balaban J connectivity index is 1.25. The number of nitrogens with two attached hydrogens (primary N) is 1. The molecule has 0 bridgehead atoms. The number of fused-ring (bicyclic) bond motifs is 1. The molecule has 1 aromatic heterocycles. The van der Waals surface area contributed by atoms with E-state index < -0.39 is 12.2 Å². The summed E-state index contributed by atoms with van der Waals surface area (Å²) in [4.78, 5) is 32.1. The number of anilines is 1. The fourth-order valence-corrected chi connectivity index (χ4v) is 5.57. The second-order valence-electron chi connectivity index (χ2n) is 10.1. The summed E-state index contributed by atoms with van der Waals surface area (Å²) in [6.07, 6.45) is 1.74. The number of halogens is 1. The smallest absolute Gasteiger partial charge is 0.274 e. The Hall–Kier alpha value is -2.94. The van der Waals surface area contributed by atoms with Crippen LogP contribution in [0.4, 0.5) is 10.1 Å². The number of hydrogen-bond donors (Lipinski definition) is 1. The molecule has 3 heterocycles. The Morgan fingerprint density at radius 3 is 2.60 bits per heavy atom. The summed E-state index contributed by atoms with van der Waals surface area (Å²) in [6, 6.07) is 5.83. The van der Waals surface area contributed by atoms with Gasteiger partial charge in [0.05, 0.1) is 6.54 Å². The number of carbonyl (C=O) groups excluding carboxylic acids is 2. The number of piperidine rings is 1. The molecule has 188 valence electrons. The number of rotatable bonds is 4. The van der Waals surface area contributed by atoms with E-state index >= 15 is 0 Å². The summed E-state index contributed by atoms with van der Waals surface area (Å²) in [5, 5.41) is 4.58. The third kappa shape index (κ3) is 4.53. The van der Waals surface area contributed by atoms with Gasteiger partial charge in [0.1, 0.15) is 12.7 Å². The van der Waals surface area contributed by atoms with Crippen molar-refractivity contribution in [2.24, 2.45) is 5.73 Å². The maximum Gasteiger partial charge on any atom is 0.274 e. The third-order valence-electron chi connectivity index (χ3n) is 7.92. The Bertz CT molecular complexity index is 1120. The van der Waals surface area contributed by atoms with Crippen LogP contribution in [0.15, 0.2) is 18.2 Å². The average Bonchev–Trinajstić information content (AvgIpc) is 3.46. The molecule has 0 unspecified atom stereocenters. The SMILES string of the molecule is Cc1cccc(N2CCN(C(=O)Cn3nc(C(=O)N4CC[C@@H](N)[C@H](F)C4)c4c3CCC4)CC2)c1C. The molecule has 3 aliphatic rings. The zero-order valence-corrected chi connectivity index (χ0v) is 20.7. The van der Waals surface area contributed by atoms with Gasteiger partial charge in [-0.3, -0.25) is 14.3 Å². The Labute approximate surface area is 205 Å². The van der Waals surface area contributed by atoms with Crippen molar-refractivity contribution in [2.45, 2.75) is 58.3 Å². The predicted molar refractivity (Wildman–Crippen MR) is 132 cm³/mol. The van der Waals surface area contributed by atoms with Crippen molar-refractivity contribution in [1.82, 2.24) is 19.6 Å². The lowest BCUT2D eigenvalue weighted by molar-refractivity contribution is -0.132. The van der Waals surface area contributed by atoms with Crippen molar-refractivity contribution in [3.05, 3.63) is 46.3 Å². The fourth-order valence-electron chi connectivity index (χ4n) is 5.57. The number of hydrogen-bond acceptors (Lipinski definition) is 5. The minimum atomic E-state index is -1.22. The topological polar surface area (TPSA) is 87.7 Å². The number of aromatic nitrogens is 2. The monoisotopic (exact) mass is 482 g/mol. The number of amides is 2. The van der Waals surface area contributed by atoms with Gasteiger partial charge in [0.25, 0.3) is 5.91 Å². The van der Waals surface area contributed by atoms with Gasteiger partial charge in [-0.2, -0.15) is 5.10 Å². The van der Waals surface area contributed by atoms with Gasteiger partial charge in [-0.1, -0.05) is 12.1 Å². The van der Waals surface area contributed by atoms with E-state index in [0.717, 1.165) is 43.6 Å². The van der Waals surface area contributed by atoms with E-state index in [-0.39, 0.29) is 24.9 Å². The molecule has 2 amide bonds. The highest BCUT2D eigenvalue weighted by atomic mass is 19.1. The van der Waals surface area contributed by atoms with E-state index in [2.05, 4.69) is 42.0 Å². The van der Waals surface area contributed by atoms with Crippen LogP contribution in [0.3, 0.4) is 0 Å². The second kappa shape index (κ2) is 9.60.